The van der Waals surface area contributed by atoms with Gasteiger partial charge in [-0.3, -0.25) is 4.79 Å². The summed E-state index contributed by atoms with van der Waals surface area (Å²) in [6.07, 6.45) is -3.47. The van der Waals surface area contributed by atoms with E-state index >= 15 is 0 Å². The van der Waals surface area contributed by atoms with E-state index in [1.165, 1.54) is 0 Å². The third kappa shape index (κ3) is 6.01. The summed E-state index contributed by atoms with van der Waals surface area (Å²) in [7, 11) is 0. The van der Waals surface area contributed by atoms with Gasteiger partial charge in [-0.25, -0.2) is 9.97 Å². The molecule has 2 aromatic carbocycles. The summed E-state index contributed by atoms with van der Waals surface area (Å²) in [5.74, 6) is 0.504. The van der Waals surface area contributed by atoms with Crippen molar-refractivity contribution >= 4 is 28.9 Å². The molecule has 3 aromatic rings. The summed E-state index contributed by atoms with van der Waals surface area (Å²) in [5, 5.41) is 5.96. The lowest BCUT2D eigenvalue weighted by Crippen LogP contribution is -2.46. The summed E-state index contributed by atoms with van der Waals surface area (Å²) < 4.78 is 47.8. The van der Waals surface area contributed by atoms with E-state index in [0.29, 0.717) is 23.7 Å². The molecule has 2 N–H and O–H groups in total. The number of likely N-dealkylation sites (N-methyl/N-ethyl adjacent to an activating group) is 1. The van der Waals surface area contributed by atoms with Gasteiger partial charge < -0.3 is 25.2 Å². The Morgan fingerprint density at radius 1 is 1.07 bits per heavy atom. The molecule has 1 amide bonds. The molecular weight excluding hydrogens is 545 g/mol. The number of alkyl halides is 3. The van der Waals surface area contributed by atoms with Gasteiger partial charge in [0.15, 0.2) is 0 Å². The van der Waals surface area contributed by atoms with Crippen LogP contribution in [0, 0.1) is 0 Å². The first-order chi connectivity index (χ1) is 20.0. The number of anilines is 4. The van der Waals surface area contributed by atoms with Crippen LogP contribution in [0.4, 0.5) is 36.2 Å². The fourth-order valence-electron chi connectivity index (χ4n) is 5.73. The van der Waals surface area contributed by atoms with Gasteiger partial charge >= 0.3 is 6.18 Å². The second kappa shape index (κ2) is 11.8. The van der Waals surface area contributed by atoms with Gasteiger partial charge in [0.2, 0.25) is 11.9 Å². The zero-order valence-electron chi connectivity index (χ0n) is 24.4. The average Bonchev–Trinajstić information content (AvgIpc) is 3.20. The van der Waals surface area contributed by atoms with Gasteiger partial charge in [0.1, 0.15) is 5.75 Å². The van der Waals surface area contributed by atoms with E-state index < -0.39 is 17.2 Å². The van der Waals surface area contributed by atoms with E-state index in [0.717, 1.165) is 55.7 Å². The van der Waals surface area contributed by atoms with Crippen molar-refractivity contribution in [2.45, 2.75) is 52.1 Å². The van der Waals surface area contributed by atoms with Gasteiger partial charge in [-0.2, -0.15) is 13.2 Å². The maximum Gasteiger partial charge on any atom is 0.419 e. The van der Waals surface area contributed by atoms with Crippen LogP contribution in [0.5, 0.6) is 5.75 Å². The maximum absolute atomic E-state index is 14.0. The molecule has 5 rings (SSSR count). The Morgan fingerprint density at radius 3 is 2.52 bits per heavy atom. The van der Waals surface area contributed by atoms with E-state index in [-0.39, 0.29) is 30.4 Å². The average molecular weight is 583 g/mol. The molecule has 1 aromatic heterocycles. The predicted molar refractivity (Wildman–Crippen MR) is 158 cm³/mol. The monoisotopic (exact) mass is 582 g/mol. The van der Waals surface area contributed by atoms with Gasteiger partial charge in [0.05, 0.1) is 29.0 Å². The van der Waals surface area contributed by atoms with Crippen molar-refractivity contribution in [3.8, 4) is 5.75 Å². The number of hydrogen-bond donors (Lipinski definition) is 2. The minimum absolute atomic E-state index is 0.0216. The summed E-state index contributed by atoms with van der Waals surface area (Å²) >= 11 is 0. The van der Waals surface area contributed by atoms with Crippen molar-refractivity contribution in [1.82, 2.24) is 14.9 Å². The first-order valence-corrected chi connectivity index (χ1v) is 14.4. The molecule has 0 spiro atoms. The molecule has 0 unspecified atom stereocenters. The minimum atomic E-state index is -4.61. The Morgan fingerprint density at radius 2 is 1.83 bits per heavy atom. The first kappa shape index (κ1) is 29.6. The molecule has 0 bridgehead atoms. The minimum Gasteiger partial charge on any atom is -0.492 e. The van der Waals surface area contributed by atoms with Crippen LogP contribution in [0.25, 0.3) is 0 Å². The molecule has 42 heavy (non-hydrogen) atoms. The van der Waals surface area contributed by atoms with Gasteiger partial charge in [-0.15, -0.1) is 0 Å². The molecule has 0 atom stereocenters. The van der Waals surface area contributed by atoms with E-state index in [1.54, 1.807) is 6.07 Å². The van der Waals surface area contributed by atoms with Gasteiger partial charge in [0, 0.05) is 49.8 Å². The highest BCUT2D eigenvalue weighted by Crippen LogP contribution is 2.40. The predicted octanol–water partition coefficient (Wildman–Crippen LogP) is 5.79. The summed E-state index contributed by atoms with van der Waals surface area (Å²) in [6.45, 7) is 12.9. The molecule has 3 heterocycles. The molecule has 8 nitrogen and oxygen atoms in total. The molecule has 2 aliphatic rings. The SMILES string of the molecule is CCOc1cc(N2CCN(CC)CC2)ccc1Nc1ncc(C(F)(F)F)c(CCc2cccc3c2C(C)(C)C(=O)N3)n1. The van der Waals surface area contributed by atoms with Crippen LogP contribution in [0.15, 0.2) is 42.6 Å². The molecule has 11 heteroatoms. The summed E-state index contributed by atoms with van der Waals surface area (Å²) in [5.41, 5.74) is 2.16. The largest absolute Gasteiger partial charge is 0.492 e. The van der Waals surface area contributed by atoms with Crippen LogP contribution in [-0.4, -0.2) is 60.1 Å². The number of piperazine rings is 1. The number of rotatable bonds is 9. The van der Waals surface area contributed by atoms with Gasteiger partial charge in [-0.05, 0) is 69.5 Å². The number of fused-ring (bicyclic) bond motifs is 1. The second-order valence-electron chi connectivity index (χ2n) is 11.1. The fourth-order valence-corrected chi connectivity index (χ4v) is 5.73. The van der Waals surface area contributed by atoms with Crippen LogP contribution in [-0.2, 0) is 29.2 Å². The number of ether oxygens (including phenoxy) is 1. The standard InChI is InChI=1S/C31H37F3N6O2/c1-5-39-14-16-40(17-15-39)21-11-13-24(26(18-21)42-6-2)38-29-35-19-22(31(32,33)34)23(37-29)12-10-20-8-7-9-25-27(20)30(3,4)28(41)36-25/h7-9,11,13,18-19H,5-6,10,12,14-17H2,1-4H3,(H,36,41)(H,35,37,38). The Bertz CT molecular complexity index is 1450. The van der Waals surface area contributed by atoms with Gasteiger partial charge in [0.25, 0.3) is 0 Å². The maximum atomic E-state index is 14.0. The zero-order valence-corrected chi connectivity index (χ0v) is 24.4. The number of amides is 1. The molecule has 0 saturated carbocycles. The Kier molecular flexibility index (Phi) is 8.32. The van der Waals surface area contributed by atoms with Crippen molar-refractivity contribution in [2.24, 2.45) is 0 Å². The number of aryl methyl sites for hydroxylation is 2. The van der Waals surface area contributed by atoms with Crippen LogP contribution in [0.1, 0.15) is 50.1 Å². The van der Waals surface area contributed by atoms with Crippen molar-refractivity contribution in [3.63, 3.8) is 0 Å². The number of aromatic nitrogens is 2. The second-order valence-corrected chi connectivity index (χ2v) is 11.1. The highest BCUT2D eigenvalue weighted by Gasteiger charge is 2.40. The van der Waals surface area contributed by atoms with E-state index in [1.807, 2.05) is 51.1 Å². The van der Waals surface area contributed by atoms with E-state index in [9.17, 15) is 18.0 Å². The molecule has 1 saturated heterocycles. The summed E-state index contributed by atoms with van der Waals surface area (Å²) in [4.78, 5) is 25.5. The van der Waals surface area contributed by atoms with E-state index in [4.69, 9.17) is 4.74 Å². The van der Waals surface area contributed by atoms with Crippen LogP contribution in [0.2, 0.25) is 0 Å². The molecule has 1 fully saturated rings. The third-order valence-electron chi connectivity index (χ3n) is 8.09. The highest BCUT2D eigenvalue weighted by atomic mass is 19.4. The molecule has 224 valence electrons. The highest BCUT2D eigenvalue weighted by molar-refractivity contribution is 6.06. The topological polar surface area (TPSA) is 82.6 Å². The van der Waals surface area contributed by atoms with Crippen molar-refractivity contribution in [3.05, 3.63) is 65.0 Å². The lowest BCUT2D eigenvalue weighted by atomic mass is 9.82. The van der Waals surface area contributed by atoms with E-state index in [2.05, 4.69) is 37.3 Å². The Hall–Kier alpha value is -3.86. The quantitative estimate of drug-likeness (QED) is 0.330. The third-order valence-corrected chi connectivity index (χ3v) is 8.09. The molecular formula is C31H37F3N6O2. The number of carbonyl (C=O) groups is 1. The van der Waals surface area contributed by atoms with Crippen LogP contribution >= 0.6 is 0 Å². The Balaban J connectivity index is 1.40. The molecule has 0 aliphatic carbocycles. The summed E-state index contributed by atoms with van der Waals surface area (Å²) in [6, 6.07) is 11.2. The Labute approximate surface area is 244 Å². The number of hydrogen-bond acceptors (Lipinski definition) is 7. The smallest absolute Gasteiger partial charge is 0.419 e. The lowest BCUT2D eigenvalue weighted by molar-refractivity contribution is -0.138. The van der Waals surface area contributed by atoms with Crippen LogP contribution < -0.4 is 20.3 Å². The van der Waals surface area contributed by atoms with Crippen molar-refractivity contribution in [1.29, 1.82) is 0 Å². The number of nitrogens with zero attached hydrogens (tertiary/aromatic N) is 4. The normalized spacial score (nSPS) is 16.7. The fraction of sp³-hybridized carbons (Fsp3) is 0.452. The number of carbonyl (C=O) groups excluding carboxylic acids is 1. The van der Waals surface area contributed by atoms with Crippen LogP contribution in [0.3, 0.4) is 0 Å². The molecule has 0 radical (unpaired) electrons. The van der Waals surface area contributed by atoms with Crippen molar-refractivity contribution in [2.75, 3.05) is 54.9 Å². The number of nitrogens with one attached hydrogen (secondary N) is 2. The molecule has 2 aliphatic heterocycles. The first-order valence-electron chi connectivity index (χ1n) is 14.4. The van der Waals surface area contributed by atoms with Gasteiger partial charge in [-0.1, -0.05) is 19.1 Å². The van der Waals surface area contributed by atoms with Crippen molar-refractivity contribution < 1.29 is 22.7 Å². The zero-order chi connectivity index (χ0) is 30.1. The number of halogens is 3. The number of benzene rings is 2. The lowest BCUT2D eigenvalue weighted by Gasteiger charge is -2.35.